The van der Waals surface area contributed by atoms with E-state index >= 15 is 0 Å². The number of sulfonamides is 1. The lowest BCUT2D eigenvalue weighted by molar-refractivity contribution is -0.123. The van der Waals surface area contributed by atoms with Crippen LogP contribution in [0.4, 0.5) is 0 Å². The van der Waals surface area contributed by atoms with E-state index in [4.69, 9.17) is 4.74 Å². The standard InChI is InChI=1S/C21H28N2O4S/c1-14-11-16(3)20(12-15(14)2)17(4)22-21(24)13-27-18-7-9-19(10-8-18)28(25,26)23(5)6/h7-12,17H,13H2,1-6H3,(H,22,24)/t17-/m1/s1. The topological polar surface area (TPSA) is 75.7 Å². The summed E-state index contributed by atoms with van der Waals surface area (Å²) in [6, 6.07) is 10.1. The number of hydrogen-bond donors (Lipinski definition) is 1. The van der Waals surface area contributed by atoms with Gasteiger partial charge in [0.15, 0.2) is 6.61 Å². The molecule has 0 aliphatic rings. The summed E-state index contributed by atoms with van der Waals surface area (Å²) in [5.74, 6) is 0.193. The van der Waals surface area contributed by atoms with Gasteiger partial charge in [-0.15, -0.1) is 0 Å². The average Bonchev–Trinajstić information content (AvgIpc) is 2.63. The molecule has 7 heteroatoms. The monoisotopic (exact) mass is 404 g/mol. The van der Waals surface area contributed by atoms with Crippen LogP contribution in [0.2, 0.25) is 0 Å². The van der Waals surface area contributed by atoms with Crippen LogP contribution in [0.1, 0.15) is 35.2 Å². The van der Waals surface area contributed by atoms with Gasteiger partial charge in [0.05, 0.1) is 10.9 Å². The van der Waals surface area contributed by atoms with E-state index < -0.39 is 10.0 Å². The van der Waals surface area contributed by atoms with E-state index in [1.807, 2.05) is 13.8 Å². The fourth-order valence-electron chi connectivity index (χ4n) is 2.88. The van der Waals surface area contributed by atoms with Crippen LogP contribution in [0, 0.1) is 20.8 Å². The minimum atomic E-state index is -3.48. The summed E-state index contributed by atoms with van der Waals surface area (Å²) < 4.78 is 30.7. The van der Waals surface area contributed by atoms with E-state index in [1.165, 1.54) is 37.4 Å². The van der Waals surface area contributed by atoms with Gasteiger partial charge in [0.2, 0.25) is 10.0 Å². The number of rotatable bonds is 7. The molecule has 0 saturated heterocycles. The third-order valence-electron chi connectivity index (χ3n) is 4.70. The molecule has 0 heterocycles. The van der Waals surface area contributed by atoms with Gasteiger partial charge in [-0.2, -0.15) is 0 Å². The second-order valence-corrected chi connectivity index (χ2v) is 9.28. The maximum Gasteiger partial charge on any atom is 0.258 e. The quantitative estimate of drug-likeness (QED) is 0.769. The number of nitrogens with one attached hydrogen (secondary N) is 1. The highest BCUT2D eigenvalue weighted by atomic mass is 32.2. The van der Waals surface area contributed by atoms with Crippen molar-refractivity contribution in [2.24, 2.45) is 0 Å². The first-order valence-corrected chi connectivity index (χ1v) is 10.5. The third kappa shape index (κ3) is 5.11. The van der Waals surface area contributed by atoms with Crippen LogP contribution in [-0.2, 0) is 14.8 Å². The summed E-state index contributed by atoms with van der Waals surface area (Å²) in [5.41, 5.74) is 4.62. The molecule has 2 aromatic rings. The minimum absolute atomic E-state index is 0.136. The molecule has 152 valence electrons. The van der Waals surface area contributed by atoms with Crippen molar-refractivity contribution < 1.29 is 17.9 Å². The Kier molecular flexibility index (Phi) is 6.85. The summed E-state index contributed by atoms with van der Waals surface area (Å²) >= 11 is 0. The molecule has 0 saturated carbocycles. The molecular weight excluding hydrogens is 376 g/mol. The summed E-state index contributed by atoms with van der Waals surface area (Å²) in [7, 11) is -0.534. The zero-order valence-electron chi connectivity index (χ0n) is 17.2. The van der Waals surface area contributed by atoms with Gasteiger partial charge >= 0.3 is 0 Å². The smallest absolute Gasteiger partial charge is 0.258 e. The number of benzene rings is 2. The van der Waals surface area contributed by atoms with Gasteiger partial charge in [-0.1, -0.05) is 12.1 Å². The molecule has 28 heavy (non-hydrogen) atoms. The van der Waals surface area contributed by atoms with Crippen LogP contribution < -0.4 is 10.1 Å². The van der Waals surface area contributed by atoms with Crippen LogP contribution in [-0.4, -0.2) is 39.3 Å². The number of carbonyl (C=O) groups excluding carboxylic acids is 1. The molecule has 6 nitrogen and oxygen atoms in total. The SMILES string of the molecule is Cc1cc(C)c([C@@H](C)NC(=O)COc2ccc(S(=O)(=O)N(C)C)cc2)cc1C. The van der Waals surface area contributed by atoms with Gasteiger partial charge in [-0.25, -0.2) is 12.7 Å². The van der Waals surface area contributed by atoms with Gasteiger partial charge < -0.3 is 10.1 Å². The molecule has 0 radical (unpaired) electrons. The lowest BCUT2D eigenvalue weighted by Gasteiger charge is -2.18. The van der Waals surface area contributed by atoms with Crippen LogP contribution >= 0.6 is 0 Å². The Bertz CT molecular complexity index is 951. The molecule has 0 aromatic heterocycles. The molecule has 0 aliphatic heterocycles. The zero-order valence-corrected chi connectivity index (χ0v) is 18.1. The highest BCUT2D eigenvalue weighted by molar-refractivity contribution is 7.89. The van der Waals surface area contributed by atoms with Crippen molar-refractivity contribution >= 4 is 15.9 Å². The number of hydrogen-bond acceptors (Lipinski definition) is 4. The highest BCUT2D eigenvalue weighted by Gasteiger charge is 2.17. The normalized spacial score (nSPS) is 12.7. The lowest BCUT2D eigenvalue weighted by atomic mass is 9.96. The Balaban J connectivity index is 1.96. The highest BCUT2D eigenvalue weighted by Crippen LogP contribution is 2.22. The average molecular weight is 405 g/mol. The number of carbonyl (C=O) groups is 1. The molecule has 2 rings (SSSR count). The van der Waals surface area contributed by atoms with Crippen molar-refractivity contribution in [1.82, 2.24) is 9.62 Å². The Hall–Kier alpha value is -2.38. The molecule has 0 unspecified atom stereocenters. The zero-order chi connectivity index (χ0) is 21.1. The summed E-state index contributed by atoms with van der Waals surface area (Å²) in [4.78, 5) is 12.4. The van der Waals surface area contributed by atoms with Crippen LogP contribution in [0.25, 0.3) is 0 Å². The van der Waals surface area contributed by atoms with Crippen LogP contribution in [0.5, 0.6) is 5.75 Å². The summed E-state index contributed by atoms with van der Waals surface area (Å²) in [6.45, 7) is 7.95. The minimum Gasteiger partial charge on any atom is -0.484 e. The predicted molar refractivity (Wildman–Crippen MR) is 110 cm³/mol. The maximum atomic E-state index is 12.2. The Morgan fingerprint density at radius 2 is 1.61 bits per heavy atom. The van der Waals surface area contributed by atoms with Crippen LogP contribution in [0.15, 0.2) is 41.3 Å². The molecule has 1 N–H and O–H groups in total. The molecule has 1 amide bonds. The van der Waals surface area contributed by atoms with Crippen molar-refractivity contribution in [1.29, 1.82) is 0 Å². The van der Waals surface area contributed by atoms with E-state index in [2.05, 4.69) is 31.3 Å². The Morgan fingerprint density at radius 3 is 2.18 bits per heavy atom. The van der Waals surface area contributed by atoms with Gasteiger partial charge in [-0.3, -0.25) is 4.79 Å². The van der Waals surface area contributed by atoms with Crippen molar-refractivity contribution in [3.8, 4) is 5.75 Å². The van der Waals surface area contributed by atoms with Crippen molar-refractivity contribution in [3.05, 3.63) is 58.7 Å². The van der Waals surface area contributed by atoms with E-state index in [0.29, 0.717) is 5.75 Å². The molecule has 0 bridgehead atoms. The van der Waals surface area contributed by atoms with Crippen molar-refractivity contribution in [2.45, 2.75) is 38.6 Å². The fourth-order valence-corrected chi connectivity index (χ4v) is 3.78. The fraction of sp³-hybridized carbons (Fsp3) is 0.381. The van der Waals surface area contributed by atoms with Gasteiger partial charge in [0.25, 0.3) is 5.91 Å². The Labute approximate surface area is 167 Å². The first-order chi connectivity index (χ1) is 13.0. The van der Waals surface area contributed by atoms with Crippen molar-refractivity contribution in [2.75, 3.05) is 20.7 Å². The summed E-state index contributed by atoms with van der Waals surface area (Å²) in [6.07, 6.45) is 0. The summed E-state index contributed by atoms with van der Waals surface area (Å²) in [5, 5.41) is 2.94. The second kappa shape index (κ2) is 8.75. The van der Waals surface area contributed by atoms with Gasteiger partial charge in [0, 0.05) is 14.1 Å². The number of aryl methyl sites for hydroxylation is 3. The Morgan fingerprint density at radius 1 is 1.04 bits per heavy atom. The lowest BCUT2D eigenvalue weighted by Crippen LogP contribution is -2.31. The molecule has 0 aliphatic carbocycles. The first kappa shape index (κ1) is 21.9. The van der Waals surface area contributed by atoms with E-state index in [-0.39, 0.29) is 23.5 Å². The van der Waals surface area contributed by atoms with Gasteiger partial charge in [0.1, 0.15) is 5.75 Å². The van der Waals surface area contributed by atoms with E-state index in [1.54, 1.807) is 12.1 Å². The first-order valence-electron chi connectivity index (χ1n) is 9.05. The number of amides is 1. The predicted octanol–water partition coefficient (Wildman–Crippen LogP) is 3.12. The third-order valence-corrected chi connectivity index (χ3v) is 6.53. The number of ether oxygens (including phenoxy) is 1. The van der Waals surface area contributed by atoms with Gasteiger partial charge in [-0.05, 0) is 74.2 Å². The molecule has 1 atom stereocenters. The maximum absolute atomic E-state index is 12.2. The number of nitrogens with zero attached hydrogens (tertiary/aromatic N) is 1. The van der Waals surface area contributed by atoms with Crippen LogP contribution in [0.3, 0.4) is 0 Å². The largest absolute Gasteiger partial charge is 0.484 e. The van der Waals surface area contributed by atoms with Crippen molar-refractivity contribution in [3.63, 3.8) is 0 Å². The molecule has 2 aromatic carbocycles. The molecular formula is C21H28N2O4S. The molecule has 0 spiro atoms. The molecule has 0 fully saturated rings. The second-order valence-electron chi connectivity index (χ2n) is 7.13. The van der Waals surface area contributed by atoms with E-state index in [9.17, 15) is 13.2 Å². The van der Waals surface area contributed by atoms with E-state index in [0.717, 1.165) is 15.4 Å².